The van der Waals surface area contributed by atoms with Crippen molar-refractivity contribution in [3.63, 3.8) is 0 Å². The zero-order valence-electron chi connectivity index (χ0n) is 10.8. The lowest BCUT2D eigenvalue weighted by Gasteiger charge is -2.10. The third-order valence-electron chi connectivity index (χ3n) is 2.49. The predicted molar refractivity (Wildman–Crippen MR) is 76.6 cm³/mol. The first kappa shape index (κ1) is 14.2. The molecule has 0 atom stereocenters. The van der Waals surface area contributed by atoms with Crippen LogP contribution in [0.4, 0.5) is 0 Å². The summed E-state index contributed by atoms with van der Waals surface area (Å²) in [6, 6.07) is 13.4. The molecule has 0 saturated carbocycles. The van der Waals surface area contributed by atoms with Crippen LogP contribution in [0.15, 0.2) is 64.6 Å². The molecule has 104 valence electrons. The topological polar surface area (TPSA) is 83.5 Å². The quantitative estimate of drug-likeness (QED) is 0.499. The van der Waals surface area contributed by atoms with Crippen LogP contribution in [0.1, 0.15) is 5.69 Å². The van der Waals surface area contributed by atoms with E-state index in [1.165, 1.54) is 12.1 Å². The molecule has 0 amide bonds. The van der Waals surface area contributed by atoms with Crippen molar-refractivity contribution in [3.8, 4) is 0 Å². The number of hydrogen-bond donors (Lipinski definition) is 2. The molecule has 0 saturated heterocycles. The molecule has 20 heavy (non-hydrogen) atoms. The molecule has 0 aliphatic carbocycles. The number of hydrogen-bond acceptors (Lipinski definition) is 4. The van der Waals surface area contributed by atoms with Crippen LogP contribution in [0.5, 0.6) is 0 Å². The lowest BCUT2D eigenvalue weighted by Crippen LogP contribution is -2.42. The molecule has 0 fully saturated rings. The van der Waals surface area contributed by atoms with E-state index in [2.05, 4.69) is 20.2 Å². The molecule has 6 nitrogen and oxygen atoms in total. The van der Waals surface area contributed by atoms with Crippen molar-refractivity contribution in [3.05, 3.63) is 60.4 Å². The van der Waals surface area contributed by atoms with Gasteiger partial charge in [0.2, 0.25) is 0 Å². The number of nitrogens with one attached hydrogen (secondary N) is 2. The molecule has 7 heteroatoms. The molecule has 2 rings (SSSR count). The van der Waals surface area contributed by atoms with Crippen LogP contribution in [0.25, 0.3) is 0 Å². The molecule has 1 heterocycles. The first-order chi connectivity index (χ1) is 9.63. The van der Waals surface area contributed by atoms with E-state index in [4.69, 9.17) is 0 Å². The molecular formula is C13H14N4O2S. The molecule has 2 aromatic rings. The third kappa shape index (κ3) is 3.40. The lowest BCUT2D eigenvalue weighted by atomic mass is 10.3. The molecule has 1 aromatic carbocycles. The number of aromatic nitrogens is 1. The van der Waals surface area contributed by atoms with E-state index in [-0.39, 0.29) is 4.90 Å². The van der Waals surface area contributed by atoms with Gasteiger partial charge in [0.05, 0.1) is 4.90 Å². The van der Waals surface area contributed by atoms with Crippen LogP contribution in [-0.2, 0) is 10.0 Å². The Hall–Kier alpha value is -2.25. The molecule has 0 aliphatic rings. The second kappa shape index (κ2) is 6.27. The summed E-state index contributed by atoms with van der Waals surface area (Å²) in [5.74, 6) is 0.338. The Bertz CT molecular complexity index is 685. The first-order valence-corrected chi connectivity index (χ1v) is 7.33. The van der Waals surface area contributed by atoms with Crippen LogP contribution in [0, 0.1) is 0 Å². The molecule has 2 N–H and O–H groups in total. The van der Waals surface area contributed by atoms with Crippen LogP contribution in [0.2, 0.25) is 0 Å². The van der Waals surface area contributed by atoms with Gasteiger partial charge in [0, 0.05) is 13.2 Å². The van der Waals surface area contributed by atoms with Crippen LogP contribution < -0.4 is 10.3 Å². The Morgan fingerprint density at radius 1 is 1.10 bits per heavy atom. The molecular weight excluding hydrogens is 276 g/mol. The Morgan fingerprint density at radius 2 is 1.80 bits per heavy atom. The second-order valence-corrected chi connectivity index (χ2v) is 5.51. The van der Waals surface area contributed by atoms with Gasteiger partial charge in [-0.25, -0.2) is 8.42 Å². The van der Waals surface area contributed by atoms with E-state index in [0.717, 1.165) is 0 Å². The maximum absolute atomic E-state index is 12.0. The van der Waals surface area contributed by atoms with Crippen LogP contribution in [0.3, 0.4) is 0 Å². The van der Waals surface area contributed by atoms with Gasteiger partial charge in [-0.15, -0.1) is 4.83 Å². The smallest absolute Gasteiger partial charge is 0.257 e. The molecule has 0 unspecified atom stereocenters. The average molecular weight is 290 g/mol. The van der Waals surface area contributed by atoms with Crippen molar-refractivity contribution in [1.82, 2.24) is 15.2 Å². The monoisotopic (exact) mass is 290 g/mol. The average Bonchev–Trinajstić information content (AvgIpc) is 2.50. The third-order valence-corrected chi connectivity index (χ3v) is 3.75. The van der Waals surface area contributed by atoms with Crippen molar-refractivity contribution >= 4 is 15.9 Å². The highest BCUT2D eigenvalue weighted by molar-refractivity contribution is 7.89. The van der Waals surface area contributed by atoms with Gasteiger partial charge in [0.1, 0.15) is 5.69 Å². The Balaban J connectivity index is 2.12. The van der Waals surface area contributed by atoms with Crippen molar-refractivity contribution in [2.75, 3.05) is 7.05 Å². The highest BCUT2D eigenvalue weighted by Gasteiger charge is 2.14. The maximum Gasteiger partial charge on any atom is 0.257 e. The van der Waals surface area contributed by atoms with Crippen LogP contribution in [-0.4, -0.2) is 26.3 Å². The van der Waals surface area contributed by atoms with Crippen molar-refractivity contribution in [2.24, 2.45) is 4.99 Å². The van der Waals surface area contributed by atoms with Gasteiger partial charge >= 0.3 is 0 Å². The summed E-state index contributed by atoms with van der Waals surface area (Å²) < 4.78 is 24.1. The van der Waals surface area contributed by atoms with Gasteiger partial charge in [-0.1, -0.05) is 24.3 Å². The summed E-state index contributed by atoms with van der Waals surface area (Å²) in [5, 5.41) is 0. The summed E-state index contributed by atoms with van der Waals surface area (Å²) in [6.07, 6.45) is 1.61. The molecule has 0 spiro atoms. The zero-order chi connectivity index (χ0) is 14.4. The minimum absolute atomic E-state index is 0.170. The fourth-order valence-corrected chi connectivity index (χ4v) is 2.38. The van der Waals surface area contributed by atoms with E-state index in [9.17, 15) is 8.42 Å². The Kier molecular flexibility index (Phi) is 4.44. The zero-order valence-corrected chi connectivity index (χ0v) is 11.6. The Morgan fingerprint density at radius 3 is 2.40 bits per heavy atom. The number of pyridine rings is 1. The number of sulfonamides is 1. The molecule has 0 aliphatic heterocycles. The van der Waals surface area contributed by atoms with E-state index >= 15 is 0 Å². The van der Waals surface area contributed by atoms with E-state index in [0.29, 0.717) is 11.5 Å². The summed E-state index contributed by atoms with van der Waals surface area (Å²) in [7, 11) is -2.09. The highest BCUT2D eigenvalue weighted by atomic mass is 32.2. The lowest BCUT2D eigenvalue weighted by molar-refractivity contribution is 0.577. The van der Waals surface area contributed by atoms with E-state index in [1.54, 1.807) is 49.6 Å². The molecule has 0 bridgehead atoms. The van der Waals surface area contributed by atoms with E-state index in [1.807, 2.05) is 0 Å². The Labute approximate surface area is 117 Å². The number of aliphatic imine (C=N–C) groups is 1. The van der Waals surface area contributed by atoms with Crippen LogP contribution >= 0.6 is 0 Å². The fraction of sp³-hybridized carbons (Fsp3) is 0.0769. The number of hydrazine groups is 1. The number of rotatable bonds is 4. The minimum atomic E-state index is -3.64. The van der Waals surface area contributed by atoms with Gasteiger partial charge < -0.3 is 0 Å². The second-order valence-electron chi connectivity index (χ2n) is 3.83. The summed E-state index contributed by atoms with van der Waals surface area (Å²) in [5.41, 5.74) is 3.12. The largest absolute Gasteiger partial charge is 0.290 e. The van der Waals surface area contributed by atoms with Gasteiger partial charge in [-0.2, -0.15) is 0 Å². The van der Waals surface area contributed by atoms with Gasteiger partial charge in [-0.3, -0.25) is 15.4 Å². The first-order valence-electron chi connectivity index (χ1n) is 5.84. The van der Waals surface area contributed by atoms with Crippen molar-refractivity contribution in [2.45, 2.75) is 4.90 Å². The number of benzene rings is 1. The van der Waals surface area contributed by atoms with Crippen molar-refractivity contribution < 1.29 is 8.42 Å². The van der Waals surface area contributed by atoms with Gasteiger partial charge in [0.25, 0.3) is 10.0 Å². The predicted octanol–water partition coefficient (Wildman–Crippen LogP) is 0.941. The number of amidine groups is 1. The normalized spacial score (nSPS) is 12.2. The van der Waals surface area contributed by atoms with E-state index < -0.39 is 10.0 Å². The molecule has 0 radical (unpaired) electrons. The summed E-state index contributed by atoms with van der Waals surface area (Å²) >= 11 is 0. The summed E-state index contributed by atoms with van der Waals surface area (Å²) in [4.78, 5) is 10.5. The standard InChI is InChI=1S/C13H14N4O2S/c1-14-13(12-9-5-6-10-15-12)16-17-20(18,19)11-7-3-2-4-8-11/h2-10,17H,1H3,(H,14,16). The number of nitrogens with zero attached hydrogens (tertiary/aromatic N) is 2. The van der Waals surface area contributed by atoms with Gasteiger partial charge in [0.15, 0.2) is 5.84 Å². The summed E-state index contributed by atoms with van der Waals surface area (Å²) in [6.45, 7) is 0. The fourth-order valence-electron chi connectivity index (χ4n) is 1.51. The van der Waals surface area contributed by atoms with Crippen molar-refractivity contribution in [1.29, 1.82) is 0 Å². The minimum Gasteiger partial charge on any atom is -0.290 e. The SMILES string of the molecule is CN=C(NNS(=O)(=O)c1ccccc1)c1ccccn1. The molecule has 1 aromatic heterocycles. The highest BCUT2D eigenvalue weighted by Crippen LogP contribution is 2.06. The maximum atomic E-state index is 12.0. The van der Waals surface area contributed by atoms with Gasteiger partial charge in [-0.05, 0) is 24.3 Å².